The number of hydrogen-bond acceptors (Lipinski definition) is 7. The normalized spacial score (nSPS) is 18.4. The first-order valence-electron chi connectivity index (χ1n) is 6.76. The first-order valence-corrected chi connectivity index (χ1v) is 8.57. The number of primary amides is 1. The number of hydrogen-bond donors (Lipinski definition) is 2. The molecule has 0 saturated heterocycles. The maximum Gasteiger partial charge on any atom is 0.306 e. The Morgan fingerprint density at radius 2 is 2.14 bits per heavy atom. The van der Waals surface area contributed by atoms with E-state index >= 15 is 0 Å². The average molecular weight is 330 g/mol. The van der Waals surface area contributed by atoms with Gasteiger partial charge in [-0.1, -0.05) is 0 Å². The summed E-state index contributed by atoms with van der Waals surface area (Å²) in [6.07, 6.45) is 3.13. The highest BCUT2D eigenvalue weighted by Crippen LogP contribution is 2.24. The Labute approximate surface area is 127 Å². The molecule has 10 heteroatoms. The van der Waals surface area contributed by atoms with Crippen LogP contribution >= 0.6 is 0 Å². The quantitative estimate of drug-likeness (QED) is 0.685. The number of carbonyl (C=O) groups excluding carboxylic acids is 1. The van der Waals surface area contributed by atoms with Gasteiger partial charge in [0, 0.05) is 6.54 Å². The van der Waals surface area contributed by atoms with Gasteiger partial charge in [0.15, 0.2) is 5.69 Å². The van der Waals surface area contributed by atoms with E-state index in [0.29, 0.717) is 12.4 Å². The van der Waals surface area contributed by atoms with Crippen molar-refractivity contribution in [2.75, 3.05) is 13.3 Å². The van der Waals surface area contributed by atoms with Crippen molar-refractivity contribution in [1.29, 1.82) is 0 Å². The van der Waals surface area contributed by atoms with Gasteiger partial charge in [0.25, 0.3) is 11.5 Å². The number of aromatic nitrogens is 2. The lowest BCUT2D eigenvalue weighted by Gasteiger charge is -2.18. The molecule has 1 aromatic rings. The second-order valence-corrected chi connectivity index (χ2v) is 6.67. The molecule has 0 aromatic carbocycles. The van der Waals surface area contributed by atoms with Crippen LogP contribution in [0.3, 0.4) is 0 Å². The summed E-state index contributed by atoms with van der Waals surface area (Å²) in [7, 11) is -2.27. The molecule has 1 aliphatic heterocycles. The minimum absolute atomic E-state index is 0.222. The van der Waals surface area contributed by atoms with Crippen molar-refractivity contribution in [1.82, 2.24) is 14.9 Å². The monoisotopic (exact) mass is 330 g/mol. The van der Waals surface area contributed by atoms with Gasteiger partial charge in [-0.15, -0.1) is 0 Å². The first kappa shape index (κ1) is 16.4. The summed E-state index contributed by atoms with van der Waals surface area (Å²) in [4.78, 5) is 28.2. The van der Waals surface area contributed by atoms with Gasteiger partial charge < -0.3 is 15.2 Å². The number of nitrogens with two attached hydrogens (primary N) is 1. The highest BCUT2D eigenvalue weighted by Gasteiger charge is 2.28. The third-order valence-corrected chi connectivity index (χ3v) is 3.88. The van der Waals surface area contributed by atoms with E-state index in [4.69, 9.17) is 5.73 Å². The first-order chi connectivity index (χ1) is 10.2. The number of fused-ring (bicyclic) bond motifs is 1. The third-order valence-electron chi connectivity index (χ3n) is 3.41. The van der Waals surface area contributed by atoms with Crippen LogP contribution in [-0.2, 0) is 16.7 Å². The van der Waals surface area contributed by atoms with Crippen LogP contribution in [0.15, 0.2) is 4.79 Å². The Bertz CT molecular complexity index is 756. The Morgan fingerprint density at radius 1 is 1.45 bits per heavy atom. The van der Waals surface area contributed by atoms with Crippen LogP contribution in [0.1, 0.15) is 41.6 Å². The Morgan fingerprint density at radius 3 is 2.68 bits per heavy atom. The van der Waals surface area contributed by atoms with Crippen molar-refractivity contribution in [3.05, 3.63) is 21.9 Å². The summed E-state index contributed by atoms with van der Waals surface area (Å²) in [6, 6.07) is -0.222. The van der Waals surface area contributed by atoms with E-state index < -0.39 is 33.0 Å². The molecule has 1 aromatic heterocycles. The van der Waals surface area contributed by atoms with E-state index in [1.54, 1.807) is 7.05 Å². The van der Waals surface area contributed by atoms with Crippen molar-refractivity contribution in [3.63, 3.8) is 0 Å². The smallest absolute Gasteiger partial charge is 0.306 e. The molecule has 0 spiro atoms. The molecule has 1 aliphatic rings. The third kappa shape index (κ3) is 3.28. The predicted octanol–water partition coefficient (Wildman–Crippen LogP) is -0.875. The molecule has 0 aliphatic carbocycles. The van der Waals surface area contributed by atoms with Gasteiger partial charge in [0.2, 0.25) is 5.75 Å². The summed E-state index contributed by atoms with van der Waals surface area (Å²) in [5, 5.41) is 3.03. The molecular weight excluding hydrogens is 312 g/mol. The standard InChI is InChI=1S/C12H18N4O5S/c1-14-7-5-3-4-6-16-11(7)15-8(10(13)17)9(12(16)18)21-22(2,19)20/h7,14H,3-6H2,1-2H3,(H2,13,17)/t7-/m0/s1. The zero-order chi connectivity index (χ0) is 16.5. The zero-order valence-electron chi connectivity index (χ0n) is 12.3. The van der Waals surface area contributed by atoms with Crippen LogP contribution < -0.4 is 20.8 Å². The highest BCUT2D eigenvalue weighted by atomic mass is 32.2. The topological polar surface area (TPSA) is 133 Å². The molecule has 1 amide bonds. The molecule has 9 nitrogen and oxygen atoms in total. The van der Waals surface area contributed by atoms with Crippen LogP contribution in [0.25, 0.3) is 0 Å². The van der Waals surface area contributed by atoms with E-state index in [1.807, 2.05) is 0 Å². The molecule has 0 unspecified atom stereocenters. The molecule has 0 saturated carbocycles. The number of nitrogens with one attached hydrogen (secondary N) is 1. The van der Waals surface area contributed by atoms with E-state index in [1.165, 1.54) is 4.57 Å². The van der Waals surface area contributed by atoms with Gasteiger partial charge in [-0.3, -0.25) is 14.2 Å². The lowest BCUT2D eigenvalue weighted by atomic mass is 10.1. The lowest BCUT2D eigenvalue weighted by molar-refractivity contribution is 0.0992. The molecule has 2 heterocycles. The van der Waals surface area contributed by atoms with E-state index in [2.05, 4.69) is 14.5 Å². The maximum atomic E-state index is 12.5. The SMILES string of the molecule is CN[C@H]1CCCCn2c1nc(C(N)=O)c(OS(C)(=O)=O)c2=O. The van der Waals surface area contributed by atoms with Crippen LogP contribution in [-0.4, -0.2) is 37.2 Å². The van der Waals surface area contributed by atoms with Crippen LogP contribution in [0.2, 0.25) is 0 Å². The molecule has 22 heavy (non-hydrogen) atoms. The lowest BCUT2D eigenvalue weighted by Crippen LogP contribution is -2.34. The van der Waals surface area contributed by atoms with Gasteiger partial charge in [-0.25, -0.2) is 4.98 Å². The highest BCUT2D eigenvalue weighted by molar-refractivity contribution is 7.86. The average Bonchev–Trinajstić information content (AvgIpc) is 2.62. The number of amides is 1. The van der Waals surface area contributed by atoms with Gasteiger partial charge in [0.05, 0.1) is 12.3 Å². The molecular formula is C12H18N4O5S. The molecule has 0 radical (unpaired) electrons. The number of rotatable bonds is 4. The largest absolute Gasteiger partial charge is 0.374 e. The van der Waals surface area contributed by atoms with Gasteiger partial charge in [-0.2, -0.15) is 8.42 Å². The minimum atomic E-state index is -3.99. The molecule has 2 rings (SSSR count). The van der Waals surface area contributed by atoms with Crippen LogP contribution in [0, 0.1) is 0 Å². The van der Waals surface area contributed by atoms with Gasteiger partial charge >= 0.3 is 10.1 Å². The molecule has 0 bridgehead atoms. The summed E-state index contributed by atoms with van der Waals surface area (Å²) >= 11 is 0. The molecule has 0 fully saturated rings. The van der Waals surface area contributed by atoms with Gasteiger partial charge in [-0.05, 0) is 26.3 Å². The fourth-order valence-electron chi connectivity index (χ4n) is 2.45. The minimum Gasteiger partial charge on any atom is -0.374 e. The Kier molecular flexibility index (Phi) is 4.52. The summed E-state index contributed by atoms with van der Waals surface area (Å²) in [6.45, 7) is 0.374. The van der Waals surface area contributed by atoms with Crippen molar-refractivity contribution in [2.24, 2.45) is 5.73 Å². The van der Waals surface area contributed by atoms with Crippen LogP contribution in [0.4, 0.5) is 0 Å². The molecule has 122 valence electrons. The van der Waals surface area contributed by atoms with Crippen molar-refractivity contribution in [3.8, 4) is 5.75 Å². The number of nitrogens with zero attached hydrogens (tertiary/aromatic N) is 2. The Hall–Kier alpha value is -1.94. The van der Waals surface area contributed by atoms with E-state index in [-0.39, 0.29) is 6.04 Å². The second kappa shape index (κ2) is 6.05. The van der Waals surface area contributed by atoms with Crippen molar-refractivity contribution >= 4 is 16.0 Å². The molecule has 1 atom stereocenters. The second-order valence-electron chi connectivity index (χ2n) is 5.09. The van der Waals surface area contributed by atoms with E-state index in [0.717, 1.165) is 25.5 Å². The number of carbonyl (C=O) groups is 1. The maximum absolute atomic E-state index is 12.5. The zero-order valence-corrected chi connectivity index (χ0v) is 13.1. The fourth-order valence-corrected chi connectivity index (χ4v) is 2.90. The summed E-state index contributed by atoms with van der Waals surface area (Å²) < 4.78 is 28.6. The fraction of sp³-hybridized carbons (Fsp3) is 0.583. The predicted molar refractivity (Wildman–Crippen MR) is 78.1 cm³/mol. The summed E-state index contributed by atoms with van der Waals surface area (Å²) in [5.74, 6) is -1.30. The van der Waals surface area contributed by atoms with Crippen LogP contribution in [0.5, 0.6) is 5.75 Å². The van der Waals surface area contributed by atoms with E-state index in [9.17, 15) is 18.0 Å². The Balaban J connectivity index is 2.73. The molecule has 3 N–H and O–H groups in total. The summed E-state index contributed by atoms with van der Waals surface area (Å²) in [5.41, 5.74) is 4.03. The van der Waals surface area contributed by atoms with Crippen molar-refractivity contribution in [2.45, 2.75) is 31.8 Å². The van der Waals surface area contributed by atoms with Crippen molar-refractivity contribution < 1.29 is 17.4 Å². The van der Waals surface area contributed by atoms with Gasteiger partial charge in [0.1, 0.15) is 5.82 Å².